The van der Waals surface area contributed by atoms with Crippen LogP contribution in [0.1, 0.15) is 50.4 Å². The Balaban J connectivity index is 2.69. The fraction of sp³-hybridized carbons (Fsp3) is 0.562. The smallest absolute Gasteiger partial charge is 0.253 e. The Bertz CT molecular complexity index is 597. The summed E-state index contributed by atoms with van der Waals surface area (Å²) in [6.07, 6.45) is 4.16. The number of benzene rings is 1. The minimum atomic E-state index is -3.42. The van der Waals surface area contributed by atoms with Crippen LogP contribution < -0.4 is 10.0 Å². The van der Waals surface area contributed by atoms with Gasteiger partial charge >= 0.3 is 0 Å². The van der Waals surface area contributed by atoms with E-state index in [2.05, 4.69) is 23.9 Å². The maximum atomic E-state index is 12.3. The summed E-state index contributed by atoms with van der Waals surface area (Å²) in [6.45, 7) is 6.32. The summed E-state index contributed by atoms with van der Waals surface area (Å²) >= 11 is 0. The van der Waals surface area contributed by atoms with E-state index in [9.17, 15) is 13.2 Å². The van der Waals surface area contributed by atoms with E-state index >= 15 is 0 Å². The molecule has 0 aliphatic heterocycles. The summed E-state index contributed by atoms with van der Waals surface area (Å²) in [7, 11) is -3.42. The van der Waals surface area contributed by atoms with E-state index in [0.29, 0.717) is 17.2 Å². The molecule has 5 nitrogen and oxygen atoms in total. The Labute approximate surface area is 133 Å². The molecule has 6 heteroatoms. The summed E-state index contributed by atoms with van der Waals surface area (Å²) in [5.41, 5.74) is 0.639. The predicted molar refractivity (Wildman–Crippen MR) is 90.5 cm³/mol. The van der Waals surface area contributed by atoms with Gasteiger partial charge in [0.05, 0.1) is 17.5 Å². The second kappa shape index (κ2) is 8.17. The molecule has 0 bridgehead atoms. The number of amides is 1. The number of hydrogen-bond donors (Lipinski definition) is 2. The van der Waals surface area contributed by atoms with Gasteiger partial charge in [0, 0.05) is 6.04 Å². The molecule has 0 fully saturated rings. The fourth-order valence-corrected chi connectivity index (χ4v) is 2.75. The molecule has 0 spiro atoms. The van der Waals surface area contributed by atoms with Crippen molar-refractivity contribution in [1.82, 2.24) is 5.32 Å². The highest BCUT2D eigenvalue weighted by molar-refractivity contribution is 7.92. The first-order valence-corrected chi connectivity index (χ1v) is 9.46. The molecule has 124 valence electrons. The van der Waals surface area contributed by atoms with E-state index in [-0.39, 0.29) is 11.9 Å². The van der Waals surface area contributed by atoms with Crippen LogP contribution in [0.25, 0.3) is 0 Å². The zero-order valence-corrected chi connectivity index (χ0v) is 14.5. The summed E-state index contributed by atoms with van der Waals surface area (Å²) in [5.74, 6) is 0.395. The predicted octanol–water partition coefficient (Wildman–Crippen LogP) is 3.00. The van der Waals surface area contributed by atoms with Gasteiger partial charge < -0.3 is 5.32 Å². The van der Waals surface area contributed by atoms with E-state index in [0.717, 1.165) is 25.5 Å². The van der Waals surface area contributed by atoms with Crippen LogP contribution in [-0.2, 0) is 10.0 Å². The molecular weight excluding hydrogens is 300 g/mol. The van der Waals surface area contributed by atoms with Crippen molar-refractivity contribution in [1.29, 1.82) is 0 Å². The number of sulfonamides is 1. The van der Waals surface area contributed by atoms with Gasteiger partial charge in [0.2, 0.25) is 10.0 Å². The van der Waals surface area contributed by atoms with E-state index in [4.69, 9.17) is 0 Å². The second-order valence-electron chi connectivity index (χ2n) is 6.12. The molecule has 0 saturated heterocycles. The summed E-state index contributed by atoms with van der Waals surface area (Å²) < 4.78 is 25.1. The van der Waals surface area contributed by atoms with Crippen molar-refractivity contribution in [3.8, 4) is 0 Å². The van der Waals surface area contributed by atoms with E-state index < -0.39 is 10.0 Å². The van der Waals surface area contributed by atoms with Gasteiger partial charge in [-0.25, -0.2) is 8.42 Å². The monoisotopic (exact) mass is 326 g/mol. The van der Waals surface area contributed by atoms with Gasteiger partial charge in [-0.15, -0.1) is 0 Å². The zero-order valence-electron chi connectivity index (χ0n) is 13.7. The lowest BCUT2D eigenvalue weighted by Gasteiger charge is -2.16. The first-order valence-electron chi connectivity index (χ1n) is 7.56. The Kier molecular flexibility index (Phi) is 6.87. The Morgan fingerprint density at radius 3 is 2.36 bits per heavy atom. The fourth-order valence-electron chi connectivity index (χ4n) is 2.18. The van der Waals surface area contributed by atoms with Gasteiger partial charge in [0.15, 0.2) is 0 Å². The van der Waals surface area contributed by atoms with Gasteiger partial charge in [-0.05, 0) is 31.4 Å². The molecule has 0 radical (unpaired) electrons. The molecule has 0 saturated carbocycles. The Morgan fingerprint density at radius 1 is 1.14 bits per heavy atom. The number of carbonyl (C=O) groups excluding carboxylic acids is 1. The van der Waals surface area contributed by atoms with E-state index in [1.54, 1.807) is 24.3 Å². The van der Waals surface area contributed by atoms with Crippen LogP contribution in [0.15, 0.2) is 24.3 Å². The number of hydrogen-bond acceptors (Lipinski definition) is 3. The molecule has 0 heterocycles. The maximum Gasteiger partial charge on any atom is 0.253 e. The molecule has 0 aromatic heterocycles. The van der Waals surface area contributed by atoms with Crippen LogP contribution in [0.2, 0.25) is 0 Å². The topological polar surface area (TPSA) is 75.3 Å². The third kappa shape index (κ3) is 6.93. The standard InChI is InChI=1S/C16H26N2O3S/c1-12(2)8-7-9-13(3)17-16(19)14-10-5-6-11-15(14)18-22(4,20)21/h5-6,10-13,18H,7-9H2,1-4H3,(H,17,19). The highest BCUT2D eigenvalue weighted by Crippen LogP contribution is 2.17. The van der Waals surface area contributed by atoms with Gasteiger partial charge in [0.1, 0.15) is 0 Å². The highest BCUT2D eigenvalue weighted by Gasteiger charge is 2.15. The van der Waals surface area contributed by atoms with Crippen LogP contribution in [0.4, 0.5) is 5.69 Å². The summed E-state index contributed by atoms with van der Waals surface area (Å²) in [6, 6.07) is 6.66. The molecule has 1 rings (SSSR count). The van der Waals surface area contributed by atoms with Gasteiger partial charge in [0.25, 0.3) is 5.91 Å². The molecule has 0 aliphatic rings. The Morgan fingerprint density at radius 2 is 1.77 bits per heavy atom. The van der Waals surface area contributed by atoms with Gasteiger partial charge in [-0.1, -0.05) is 38.8 Å². The van der Waals surface area contributed by atoms with Crippen molar-refractivity contribution in [2.24, 2.45) is 5.92 Å². The van der Waals surface area contributed by atoms with Gasteiger partial charge in [-0.2, -0.15) is 0 Å². The summed E-state index contributed by atoms with van der Waals surface area (Å²) in [4.78, 5) is 12.3. The third-order valence-corrected chi connectivity index (χ3v) is 3.85. The van der Waals surface area contributed by atoms with Crippen molar-refractivity contribution >= 4 is 21.6 Å². The number of rotatable bonds is 8. The number of carbonyl (C=O) groups is 1. The number of nitrogens with one attached hydrogen (secondary N) is 2. The average Bonchev–Trinajstić information content (AvgIpc) is 2.36. The molecule has 1 aromatic rings. The quantitative estimate of drug-likeness (QED) is 0.771. The van der Waals surface area contributed by atoms with Crippen molar-refractivity contribution in [2.45, 2.75) is 46.1 Å². The third-order valence-electron chi connectivity index (χ3n) is 3.26. The minimum absolute atomic E-state index is 0.0533. The van der Waals surface area contributed by atoms with Crippen molar-refractivity contribution in [3.63, 3.8) is 0 Å². The molecule has 1 unspecified atom stereocenters. The van der Waals surface area contributed by atoms with Crippen LogP contribution in [-0.4, -0.2) is 26.6 Å². The van der Waals surface area contributed by atoms with Crippen LogP contribution in [0, 0.1) is 5.92 Å². The van der Waals surface area contributed by atoms with Crippen LogP contribution in [0.3, 0.4) is 0 Å². The largest absolute Gasteiger partial charge is 0.350 e. The number of anilines is 1. The molecule has 1 aromatic carbocycles. The van der Waals surface area contributed by atoms with Crippen molar-refractivity contribution in [2.75, 3.05) is 11.0 Å². The molecule has 1 atom stereocenters. The van der Waals surface area contributed by atoms with E-state index in [1.807, 2.05) is 6.92 Å². The lowest BCUT2D eigenvalue weighted by molar-refractivity contribution is 0.0938. The number of para-hydroxylation sites is 1. The van der Waals surface area contributed by atoms with Gasteiger partial charge in [-0.3, -0.25) is 9.52 Å². The maximum absolute atomic E-state index is 12.3. The lowest BCUT2D eigenvalue weighted by Crippen LogP contribution is -2.33. The highest BCUT2D eigenvalue weighted by atomic mass is 32.2. The molecular formula is C16H26N2O3S. The van der Waals surface area contributed by atoms with E-state index in [1.165, 1.54) is 0 Å². The van der Waals surface area contributed by atoms with Crippen molar-refractivity contribution < 1.29 is 13.2 Å². The molecule has 2 N–H and O–H groups in total. The Hall–Kier alpha value is -1.56. The summed E-state index contributed by atoms with van der Waals surface area (Å²) in [5, 5.41) is 2.92. The zero-order chi connectivity index (χ0) is 16.8. The second-order valence-corrected chi connectivity index (χ2v) is 7.87. The average molecular weight is 326 g/mol. The first kappa shape index (κ1) is 18.5. The van der Waals surface area contributed by atoms with Crippen LogP contribution >= 0.6 is 0 Å². The minimum Gasteiger partial charge on any atom is -0.350 e. The first-order chi connectivity index (χ1) is 10.2. The molecule has 1 amide bonds. The van der Waals surface area contributed by atoms with Crippen LogP contribution in [0.5, 0.6) is 0 Å². The normalized spacial score (nSPS) is 13.0. The molecule has 22 heavy (non-hydrogen) atoms. The molecule has 0 aliphatic carbocycles. The SMILES string of the molecule is CC(C)CCCC(C)NC(=O)c1ccccc1NS(C)(=O)=O. The van der Waals surface area contributed by atoms with Crippen molar-refractivity contribution in [3.05, 3.63) is 29.8 Å². The lowest BCUT2D eigenvalue weighted by atomic mass is 10.0.